The fraction of sp³-hybridized carbons (Fsp3) is 0.526. The molecule has 4 rings (SSSR count). The number of carbonyl (C=O) groups excluding carboxylic acids is 1. The molecular formula is C19H22F3N5O. The van der Waals surface area contributed by atoms with E-state index in [1.807, 2.05) is 6.07 Å². The first-order chi connectivity index (χ1) is 13.3. The molecule has 150 valence electrons. The van der Waals surface area contributed by atoms with E-state index in [1.54, 1.807) is 36.2 Å². The summed E-state index contributed by atoms with van der Waals surface area (Å²) in [5.74, 6) is 0.316. The van der Waals surface area contributed by atoms with Gasteiger partial charge in [-0.15, -0.1) is 0 Å². The number of nitrogens with zero attached hydrogens (tertiary/aromatic N) is 4. The van der Waals surface area contributed by atoms with Gasteiger partial charge in [-0.3, -0.25) is 9.78 Å². The fourth-order valence-electron chi connectivity index (χ4n) is 3.97. The molecule has 3 atom stereocenters. The van der Waals surface area contributed by atoms with Crippen LogP contribution in [0.4, 0.5) is 19.0 Å². The quantitative estimate of drug-likeness (QED) is 0.870. The van der Waals surface area contributed by atoms with Crippen molar-refractivity contribution in [2.24, 2.45) is 0 Å². The first-order valence-corrected chi connectivity index (χ1v) is 9.41. The molecule has 1 saturated heterocycles. The number of rotatable bonds is 3. The SMILES string of the molecule is C[C@@H]1C[C@H](C(F)(F)F)n2nc([C@@H]3CCN(C(=O)Cc4ccccn4)C3)cc2N1. The second-order valence-electron chi connectivity index (χ2n) is 7.56. The van der Waals surface area contributed by atoms with E-state index in [4.69, 9.17) is 0 Å². The van der Waals surface area contributed by atoms with E-state index in [0.717, 1.165) is 4.68 Å². The lowest BCUT2D eigenvalue weighted by Gasteiger charge is -2.31. The number of carbonyl (C=O) groups is 1. The number of anilines is 1. The minimum Gasteiger partial charge on any atom is -0.368 e. The molecule has 28 heavy (non-hydrogen) atoms. The van der Waals surface area contributed by atoms with Crippen LogP contribution in [0.2, 0.25) is 0 Å². The molecule has 1 fully saturated rings. The summed E-state index contributed by atoms with van der Waals surface area (Å²) in [5, 5.41) is 7.36. The summed E-state index contributed by atoms with van der Waals surface area (Å²) in [5.41, 5.74) is 1.32. The van der Waals surface area contributed by atoms with Gasteiger partial charge in [0.05, 0.1) is 12.1 Å². The monoisotopic (exact) mass is 393 g/mol. The number of fused-ring (bicyclic) bond motifs is 1. The van der Waals surface area contributed by atoms with Gasteiger partial charge in [0.2, 0.25) is 5.91 Å². The molecule has 2 aliphatic heterocycles. The number of nitrogens with one attached hydrogen (secondary N) is 1. The Labute approximate surface area is 160 Å². The maximum Gasteiger partial charge on any atom is 0.410 e. The zero-order valence-electron chi connectivity index (χ0n) is 15.5. The van der Waals surface area contributed by atoms with Crippen molar-refractivity contribution in [2.75, 3.05) is 18.4 Å². The van der Waals surface area contributed by atoms with Gasteiger partial charge in [0.15, 0.2) is 6.04 Å². The lowest BCUT2D eigenvalue weighted by Crippen LogP contribution is -2.37. The van der Waals surface area contributed by atoms with Crippen LogP contribution in [0.5, 0.6) is 0 Å². The van der Waals surface area contributed by atoms with E-state index in [-0.39, 0.29) is 30.7 Å². The molecular weight excluding hydrogens is 371 g/mol. The molecule has 0 aromatic carbocycles. The summed E-state index contributed by atoms with van der Waals surface area (Å²) in [6.07, 6.45) is -1.82. The first kappa shape index (κ1) is 18.8. The molecule has 1 N–H and O–H groups in total. The van der Waals surface area contributed by atoms with Gasteiger partial charge >= 0.3 is 6.18 Å². The molecule has 1 amide bonds. The Hall–Kier alpha value is -2.58. The molecule has 6 nitrogen and oxygen atoms in total. The maximum atomic E-state index is 13.4. The molecule has 0 aliphatic carbocycles. The van der Waals surface area contributed by atoms with Crippen molar-refractivity contribution in [2.45, 2.75) is 50.4 Å². The van der Waals surface area contributed by atoms with Crippen LogP contribution in [0, 0.1) is 0 Å². The average Bonchev–Trinajstić information content (AvgIpc) is 3.27. The summed E-state index contributed by atoms with van der Waals surface area (Å²) < 4.78 is 41.3. The van der Waals surface area contributed by atoms with E-state index in [9.17, 15) is 18.0 Å². The third kappa shape index (κ3) is 3.70. The predicted octanol–water partition coefficient (Wildman–Crippen LogP) is 3.14. The molecule has 2 aliphatic rings. The minimum atomic E-state index is -4.34. The number of alkyl halides is 3. The van der Waals surface area contributed by atoms with Crippen LogP contribution in [0.1, 0.15) is 43.1 Å². The minimum absolute atomic E-state index is 0.0231. The Bertz CT molecular complexity index is 851. The lowest BCUT2D eigenvalue weighted by atomic mass is 10.0. The van der Waals surface area contributed by atoms with Gasteiger partial charge in [0.25, 0.3) is 0 Å². The molecule has 0 saturated carbocycles. The second-order valence-corrected chi connectivity index (χ2v) is 7.56. The molecule has 4 heterocycles. The van der Waals surface area contributed by atoms with E-state index in [1.165, 1.54) is 0 Å². The van der Waals surface area contributed by atoms with Gasteiger partial charge in [-0.05, 0) is 31.9 Å². The number of halogens is 3. The van der Waals surface area contributed by atoms with Crippen molar-refractivity contribution >= 4 is 11.7 Å². The highest BCUT2D eigenvalue weighted by Crippen LogP contribution is 2.40. The van der Waals surface area contributed by atoms with Gasteiger partial charge < -0.3 is 10.2 Å². The molecule has 0 spiro atoms. The highest BCUT2D eigenvalue weighted by atomic mass is 19.4. The number of amides is 1. The van der Waals surface area contributed by atoms with Crippen LogP contribution in [0.3, 0.4) is 0 Å². The third-order valence-electron chi connectivity index (χ3n) is 5.42. The van der Waals surface area contributed by atoms with E-state index >= 15 is 0 Å². The van der Waals surface area contributed by atoms with Crippen molar-refractivity contribution in [3.05, 3.63) is 41.9 Å². The Morgan fingerprint density at radius 3 is 2.89 bits per heavy atom. The normalized spacial score (nSPS) is 24.7. The maximum absolute atomic E-state index is 13.4. The number of aromatic nitrogens is 3. The highest BCUT2D eigenvalue weighted by Gasteiger charge is 2.46. The van der Waals surface area contributed by atoms with Crippen molar-refractivity contribution in [3.63, 3.8) is 0 Å². The van der Waals surface area contributed by atoms with E-state index < -0.39 is 12.2 Å². The second kappa shape index (κ2) is 7.10. The standard InChI is InChI=1S/C19H22F3N5O/c1-12-8-16(19(20,21)22)27-17(24-12)10-15(25-27)13-5-7-26(11-13)18(28)9-14-4-2-3-6-23-14/h2-4,6,10,12-13,16,24H,5,7-9,11H2,1H3/t12-,13-,16-/m1/s1. The van der Waals surface area contributed by atoms with Gasteiger partial charge in [0, 0.05) is 43.0 Å². The first-order valence-electron chi connectivity index (χ1n) is 9.41. The molecule has 9 heteroatoms. The summed E-state index contributed by atoms with van der Waals surface area (Å²) in [6.45, 7) is 2.78. The van der Waals surface area contributed by atoms with E-state index in [2.05, 4.69) is 15.4 Å². The summed E-state index contributed by atoms with van der Waals surface area (Å²) in [4.78, 5) is 18.4. The Kier molecular flexibility index (Phi) is 4.76. The fourth-order valence-corrected chi connectivity index (χ4v) is 3.97. The Balaban J connectivity index is 1.47. The molecule has 2 aromatic heterocycles. The number of hydrogen-bond acceptors (Lipinski definition) is 4. The van der Waals surface area contributed by atoms with Crippen molar-refractivity contribution in [1.82, 2.24) is 19.7 Å². The van der Waals surface area contributed by atoms with Crippen LogP contribution >= 0.6 is 0 Å². The highest BCUT2D eigenvalue weighted by molar-refractivity contribution is 5.78. The summed E-state index contributed by atoms with van der Waals surface area (Å²) in [7, 11) is 0. The van der Waals surface area contributed by atoms with Gasteiger partial charge in [-0.2, -0.15) is 18.3 Å². The van der Waals surface area contributed by atoms with Crippen LogP contribution in [0.25, 0.3) is 0 Å². The number of pyridine rings is 1. The van der Waals surface area contributed by atoms with Gasteiger partial charge in [-0.1, -0.05) is 6.07 Å². The van der Waals surface area contributed by atoms with Crippen LogP contribution in [0.15, 0.2) is 30.5 Å². The van der Waals surface area contributed by atoms with Crippen LogP contribution in [-0.2, 0) is 11.2 Å². The van der Waals surface area contributed by atoms with Crippen LogP contribution < -0.4 is 5.32 Å². The average molecular weight is 393 g/mol. The molecule has 2 aromatic rings. The Morgan fingerprint density at radius 2 is 2.18 bits per heavy atom. The largest absolute Gasteiger partial charge is 0.410 e. The van der Waals surface area contributed by atoms with Crippen LogP contribution in [-0.4, -0.2) is 50.9 Å². The molecule has 0 bridgehead atoms. The smallest absolute Gasteiger partial charge is 0.368 e. The third-order valence-corrected chi connectivity index (χ3v) is 5.42. The molecule has 0 radical (unpaired) electrons. The number of hydrogen-bond donors (Lipinski definition) is 1. The van der Waals surface area contributed by atoms with Gasteiger partial charge in [-0.25, -0.2) is 4.68 Å². The van der Waals surface area contributed by atoms with E-state index in [0.29, 0.717) is 36.7 Å². The lowest BCUT2D eigenvalue weighted by molar-refractivity contribution is -0.173. The molecule has 0 unspecified atom stereocenters. The number of likely N-dealkylation sites (tertiary alicyclic amines) is 1. The zero-order chi connectivity index (χ0) is 19.9. The van der Waals surface area contributed by atoms with Gasteiger partial charge in [0.1, 0.15) is 5.82 Å². The van der Waals surface area contributed by atoms with Crippen molar-refractivity contribution < 1.29 is 18.0 Å². The van der Waals surface area contributed by atoms with Crippen molar-refractivity contribution in [3.8, 4) is 0 Å². The topological polar surface area (TPSA) is 63.1 Å². The van der Waals surface area contributed by atoms with Crippen molar-refractivity contribution in [1.29, 1.82) is 0 Å². The Morgan fingerprint density at radius 1 is 1.36 bits per heavy atom. The summed E-state index contributed by atoms with van der Waals surface area (Å²) in [6, 6.07) is 5.25. The summed E-state index contributed by atoms with van der Waals surface area (Å²) >= 11 is 0. The zero-order valence-corrected chi connectivity index (χ0v) is 15.5. The predicted molar refractivity (Wildman–Crippen MR) is 96.9 cm³/mol.